The van der Waals surface area contributed by atoms with Crippen LogP contribution in [0, 0.1) is 5.41 Å². The van der Waals surface area contributed by atoms with Gasteiger partial charge >= 0.3 is 11.9 Å². The lowest BCUT2D eigenvalue weighted by Crippen LogP contribution is -2.60. The summed E-state index contributed by atoms with van der Waals surface area (Å²) in [5.41, 5.74) is 4.07. The van der Waals surface area contributed by atoms with Crippen molar-refractivity contribution in [1.82, 2.24) is 5.32 Å². The van der Waals surface area contributed by atoms with Crippen LogP contribution in [0.2, 0.25) is 0 Å². The van der Waals surface area contributed by atoms with Gasteiger partial charge in [-0.05, 0) is 61.3 Å². The predicted molar refractivity (Wildman–Crippen MR) is 121 cm³/mol. The maximum atomic E-state index is 13.4. The van der Waals surface area contributed by atoms with E-state index in [2.05, 4.69) is 39.9 Å². The Morgan fingerprint density at radius 1 is 1.10 bits per heavy atom. The Bertz CT molecular complexity index is 579. The summed E-state index contributed by atoms with van der Waals surface area (Å²) in [5.74, 6) is -0.922. The normalized spacial score (nSPS) is 22.1. The highest BCUT2D eigenvalue weighted by Gasteiger charge is 2.49. The first-order valence-corrected chi connectivity index (χ1v) is 11.6. The van der Waals surface area contributed by atoms with Crippen molar-refractivity contribution in [3.05, 3.63) is 0 Å². The van der Waals surface area contributed by atoms with Crippen LogP contribution in [0.1, 0.15) is 107 Å². The lowest BCUT2D eigenvalue weighted by Gasteiger charge is -2.46. The van der Waals surface area contributed by atoms with Gasteiger partial charge in [0, 0.05) is 35.9 Å². The van der Waals surface area contributed by atoms with Crippen LogP contribution in [-0.4, -0.2) is 40.8 Å². The van der Waals surface area contributed by atoms with Crippen LogP contribution < -0.4 is 11.1 Å². The lowest BCUT2D eigenvalue weighted by molar-refractivity contribution is -0.182. The van der Waals surface area contributed by atoms with Gasteiger partial charge in [-0.1, -0.05) is 26.7 Å². The largest absolute Gasteiger partial charge is 0.462 e. The van der Waals surface area contributed by atoms with Crippen LogP contribution in [0.5, 0.6) is 0 Å². The van der Waals surface area contributed by atoms with E-state index in [-0.39, 0.29) is 23.3 Å². The van der Waals surface area contributed by atoms with Crippen molar-refractivity contribution in [3.63, 3.8) is 0 Å². The molecule has 2 unspecified atom stereocenters. The maximum Gasteiger partial charge on any atom is 0.323 e. The molecule has 0 bridgehead atoms. The number of carbonyl (C=O) groups is 2. The Morgan fingerprint density at radius 2 is 1.63 bits per heavy atom. The van der Waals surface area contributed by atoms with Crippen molar-refractivity contribution in [2.75, 3.05) is 0 Å². The van der Waals surface area contributed by atoms with Crippen molar-refractivity contribution in [3.8, 4) is 0 Å². The molecule has 3 N–H and O–H groups in total. The SMILES string of the molecule is CCCCC(CC)(C(=O)OC(C)CC(C)(C)N)C(=O)OC1CC(C)(C)NC(C)(C)C1. The predicted octanol–water partition coefficient (Wildman–Crippen LogP) is 4.48. The van der Waals surface area contributed by atoms with Gasteiger partial charge in [0.1, 0.15) is 12.2 Å². The van der Waals surface area contributed by atoms with Crippen LogP contribution in [0.4, 0.5) is 0 Å². The van der Waals surface area contributed by atoms with Crippen LogP contribution in [-0.2, 0) is 19.1 Å². The molecule has 6 heteroatoms. The number of unbranched alkanes of at least 4 members (excludes halogenated alkanes) is 1. The molecule has 1 saturated heterocycles. The number of carbonyl (C=O) groups excluding carboxylic acids is 2. The second-order valence-corrected chi connectivity index (χ2v) is 11.3. The van der Waals surface area contributed by atoms with Crippen molar-refractivity contribution in [1.29, 1.82) is 0 Å². The molecule has 0 aromatic carbocycles. The van der Waals surface area contributed by atoms with E-state index in [1.807, 2.05) is 27.7 Å². The van der Waals surface area contributed by atoms with Crippen molar-refractivity contribution >= 4 is 11.9 Å². The number of rotatable bonds is 10. The van der Waals surface area contributed by atoms with Crippen molar-refractivity contribution < 1.29 is 19.1 Å². The van der Waals surface area contributed by atoms with Gasteiger partial charge in [0.15, 0.2) is 5.41 Å². The second kappa shape index (κ2) is 9.99. The highest BCUT2D eigenvalue weighted by molar-refractivity contribution is 6.00. The standard InChI is InChI=1S/C24H46N2O4/c1-10-12-13-24(11-2,19(27)29-17(3)14-21(4,5)25)20(28)30-18-15-22(6,7)26-23(8,9)16-18/h17-18,26H,10-16,25H2,1-9H3. The minimum absolute atomic E-state index is 0.146. The summed E-state index contributed by atoms with van der Waals surface area (Å²) in [5, 5.41) is 3.60. The van der Waals surface area contributed by atoms with Crippen LogP contribution in [0.3, 0.4) is 0 Å². The molecule has 176 valence electrons. The van der Waals surface area contributed by atoms with Crippen LogP contribution in [0.25, 0.3) is 0 Å². The fraction of sp³-hybridized carbons (Fsp3) is 0.917. The molecule has 0 aliphatic carbocycles. The fourth-order valence-electron chi connectivity index (χ4n) is 4.89. The molecule has 6 nitrogen and oxygen atoms in total. The number of nitrogens with one attached hydrogen (secondary N) is 1. The summed E-state index contributed by atoms with van der Waals surface area (Å²) in [6, 6.07) is 0. The third kappa shape index (κ3) is 7.84. The van der Waals surface area contributed by atoms with Gasteiger partial charge in [-0.3, -0.25) is 9.59 Å². The molecule has 1 rings (SSSR count). The summed E-state index contributed by atoms with van der Waals surface area (Å²) in [6.07, 6.45) is 3.80. The number of piperidine rings is 1. The molecule has 1 heterocycles. The number of esters is 2. The molecule has 0 aromatic rings. The average Bonchev–Trinajstić information content (AvgIpc) is 2.50. The van der Waals surface area contributed by atoms with Crippen LogP contribution in [0.15, 0.2) is 0 Å². The van der Waals surface area contributed by atoms with Gasteiger partial charge in [-0.2, -0.15) is 0 Å². The first kappa shape index (κ1) is 26.9. The van der Waals surface area contributed by atoms with Gasteiger partial charge < -0.3 is 20.5 Å². The van der Waals surface area contributed by atoms with E-state index >= 15 is 0 Å². The molecule has 0 saturated carbocycles. The first-order chi connectivity index (χ1) is 13.6. The van der Waals surface area contributed by atoms with E-state index in [9.17, 15) is 9.59 Å². The van der Waals surface area contributed by atoms with Gasteiger partial charge in [0.05, 0.1) is 0 Å². The summed E-state index contributed by atoms with van der Waals surface area (Å²) in [4.78, 5) is 26.7. The van der Waals surface area contributed by atoms with Crippen molar-refractivity contribution in [2.45, 2.75) is 136 Å². The molecule has 1 aliphatic heterocycles. The van der Waals surface area contributed by atoms with E-state index in [0.717, 1.165) is 12.8 Å². The van der Waals surface area contributed by atoms with E-state index in [1.165, 1.54) is 0 Å². The summed E-state index contributed by atoms with van der Waals surface area (Å²) >= 11 is 0. The quantitative estimate of drug-likeness (QED) is 0.395. The van der Waals surface area contributed by atoms with Gasteiger partial charge in [-0.25, -0.2) is 0 Å². The molecular formula is C24H46N2O4. The number of ether oxygens (including phenoxy) is 2. The summed E-state index contributed by atoms with van der Waals surface area (Å²) in [7, 11) is 0. The lowest BCUT2D eigenvalue weighted by atomic mass is 9.78. The topological polar surface area (TPSA) is 90.7 Å². The van der Waals surface area contributed by atoms with Crippen LogP contribution >= 0.6 is 0 Å². The minimum atomic E-state index is -1.26. The highest BCUT2D eigenvalue weighted by atomic mass is 16.6. The Morgan fingerprint density at radius 3 is 2.07 bits per heavy atom. The van der Waals surface area contributed by atoms with E-state index in [0.29, 0.717) is 32.1 Å². The first-order valence-electron chi connectivity index (χ1n) is 11.6. The zero-order valence-electron chi connectivity index (χ0n) is 20.8. The fourth-order valence-corrected chi connectivity index (χ4v) is 4.89. The molecule has 0 spiro atoms. The van der Waals surface area contributed by atoms with E-state index in [1.54, 1.807) is 0 Å². The summed E-state index contributed by atoms with van der Waals surface area (Å²) < 4.78 is 11.8. The third-order valence-corrected chi connectivity index (χ3v) is 5.89. The molecule has 0 amide bonds. The second-order valence-electron chi connectivity index (χ2n) is 11.3. The van der Waals surface area contributed by atoms with Crippen molar-refractivity contribution in [2.24, 2.45) is 11.1 Å². The van der Waals surface area contributed by atoms with E-state index < -0.39 is 22.9 Å². The average molecular weight is 427 g/mol. The number of hydrogen-bond donors (Lipinski definition) is 2. The molecule has 30 heavy (non-hydrogen) atoms. The zero-order valence-corrected chi connectivity index (χ0v) is 20.8. The maximum absolute atomic E-state index is 13.4. The van der Waals surface area contributed by atoms with Gasteiger partial charge in [0.25, 0.3) is 0 Å². The van der Waals surface area contributed by atoms with Gasteiger partial charge in [0.2, 0.25) is 0 Å². The van der Waals surface area contributed by atoms with Gasteiger partial charge in [-0.15, -0.1) is 0 Å². The third-order valence-electron chi connectivity index (χ3n) is 5.89. The Labute approximate surface area is 184 Å². The Kier molecular flexibility index (Phi) is 8.95. The molecule has 2 atom stereocenters. The zero-order chi connectivity index (χ0) is 23.4. The monoisotopic (exact) mass is 426 g/mol. The number of nitrogens with two attached hydrogens (primary N) is 1. The Balaban J connectivity index is 3.04. The van der Waals surface area contributed by atoms with E-state index in [4.69, 9.17) is 15.2 Å². The highest BCUT2D eigenvalue weighted by Crippen LogP contribution is 2.37. The Hall–Kier alpha value is -1.14. The molecule has 0 aromatic heterocycles. The number of hydrogen-bond acceptors (Lipinski definition) is 6. The molecule has 1 aliphatic rings. The summed E-state index contributed by atoms with van der Waals surface area (Å²) in [6.45, 7) is 18.0. The molecule has 0 radical (unpaired) electrons. The molecule has 1 fully saturated rings. The minimum Gasteiger partial charge on any atom is -0.462 e. The smallest absolute Gasteiger partial charge is 0.323 e. The molecular weight excluding hydrogens is 380 g/mol.